The molecule has 0 aromatic carbocycles. The third kappa shape index (κ3) is 3.52. The highest BCUT2D eigenvalue weighted by Gasteiger charge is 2.58. The SMILES string of the molecule is CCOC(=O)/C(C#N)=C1/CC[C@@H]2[C@@H]3CC=C4C[C@@H](OC(C)=O)CC[C@]4(C)[C@H]3CC[C@]12C. The van der Waals surface area contributed by atoms with Crippen LogP contribution in [0.25, 0.3) is 0 Å². The summed E-state index contributed by atoms with van der Waals surface area (Å²) >= 11 is 0. The Labute approximate surface area is 185 Å². The Balaban J connectivity index is 1.62. The zero-order valence-corrected chi connectivity index (χ0v) is 19.3. The van der Waals surface area contributed by atoms with Gasteiger partial charge in [-0.15, -0.1) is 0 Å². The number of carbonyl (C=O) groups is 2. The zero-order chi connectivity index (χ0) is 22.4. The van der Waals surface area contributed by atoms with Gasteiger partial charge in [0.05, 0.1) is 6.61 Å². The fourth-order valence-electron chi connectivity index (χ4n) is 7.63. The van der Waals surface area contributed by atoms with E-state index in [9.17, 15) is 14.9 Å². The zero-order valence-electron chi connectivity index (χ0n) is 19.3. The van der Waals surface area contributed by atoms with Gasteiger partial charge in [0, 0.05) is 13.3 Å². The molecule has 0 saturated heterocycles. The first kappa shape index (κ1) is 22.1. The van der Waals surface area contributed by atoms with Gasteiger partial charge in [0.2, 0.25) is 0 Å². The van der Waals surface area contributed by atoms with Crippen LogP contribution >= 0.6 is 0 Å². The van der Waals surface area contributed by atoms with Crippen molar-refractivity contribution in [1.29, 1.82) is 5.26 Å². The van der Waals surface area contributed by atoms with Crippen LogP contribution in [0.2, 0.25) is 0 Å². The van der Waals surface area contributed by atoms with Gasteiger partial charge in [-0.2, -0.15) is 5.26 Å². The van der Waals surface area contributed by atoms with Crippen molar-refractivity contribution in [2.75, 3.05) is 6.61 Å². The number of nitriles is 1. The van der Waals surface area contributed by atoms with Crippen LogP contribution in [0.5, 0.6) is 0 Å². The summed E-state index contributed by atoms with van der Waals surface area (Å²) in [6, 6.07) is 2.18. The number of ether oxygens (including phenoxy) is 2. The fourth-order valence-corrected chi connectivity index (χ4v) is 7.63. The van der Waals surface area contributed by atoms with E-state index < -0.39 is 5.97 Å². The molecule has 0 aromatic heterocycles. The van der Waals surface area contributed by atoms with Gasteiger partial charge in [-0.05, 0) is 86.0 Å². The molecule has 4 rings (SSSR count). The van der Waals surface area contributed by atoms with E-state index in [1.54, 1.807) is 6.92 Å². The summed E-state index contributed by atoms with van der Waals surface area (Å²) in [5.41, 5.74) is 2.86. The average Bonchev–Trinajstić information content (AvgIpc) is 3.06. The largest absolute Gasteiger partial charge is 0.462 e. The molecule has 0 spiro atoms. The molecule has 4 aliphatic carbocycles. The Bertz CT molecular complexity index is 880. The van der Waals surface area contributed by atoms with Gasteiger partial charge in [-0.25, -0.2) is 4.79 Å². The Kier molecular flexibility index (Phi) is 5.79. The highest BCUT2D eigenvalue weighted by molar-refractivity contribution is 5.94. The van der Waals surface area contributed by atoms with Crippen LogP contribution in [-0.4, -0.2) is 24.6 Å². The van der Waals surface area contributed by atoms with E-state index >= 15 is 0 Å². The van der Waals surface area contributed by atoms with Crippen molar-refractivity contribution in [2.45, 2.75) is 85.2 Å². The molecule has 3 fully saturated rings. The minimum absolute atomic E-state index is 0.0195. The van der Waals surface area contributed by atoms with Gasteiger partial charge < -0.3 is 9.47 Å². The number of hydrogen-bond donors (Lipinski definition) is 0. The third-order valence-corrected chi connectivity index (χ3v) is 9.07. The molecule has 0 aliphatic heterocycles. The predicted octanol–water partition coefficient (Wildman–Crippen LogP) is 5.26. The van der Waals surface area contributed by atoms with Gasteiger partial charge in [0.25, 0.3) is 0 Å². The highest BCUT2D eigenvalue weighted by Crippen LogP contribution is 2.66. The molecule has 3 saturated carbocycles. The first-order valence-corrected chi connectivity index (χ1v) is 11.9. The van der Waals surface area contributed by atoms with Gasteiger partial charge in [0.1, 0.15) is 17.7 Å². The van der Waals surface area contributed by atoms with E-state index in [0.29, 0.717) is 24.4 Å². The Morgan fingerprint density at radius 1 is 1.16 bits per heavy atom. The number of nitrogens with zero attached hydrogens (tertiary/aromatic N) is 1. The predicted molar refractivity (Wildman–Crippen MR) is 117 cm³/mol. The maximum Gasteiger partial charge on any atom is 0.348 e. The summed E-state index contributed by atoms with van der Waals surface area (Å²) in [4.78, 5) is 23.9. The first-order chi connectivity index (χ1) is 14.7. The fraction of sp³-hybridized carbons (Fsp3) is 0.731. The standard InChI is InChI=1S/C26H35NO4/c1-5-30-24(29)20(15-27)22-9-8-21-19-7-6-17-14-18(31-16(2)28)10-12-25(17,3)23(19)11-13-26(21,22)4/h6,18-19,21,23H,5,7-14H2,1-4H3/b22-20-/t18-,19-,21+,23-,25-,26-/m0/s1. The van der Waals surface area contributed by atoms with E-state index in [4.69, 9.17) is 9.47 Å². The number of esters is 2. The summed E-state index contributed by atoms with van der Waals surface area (Å²) in [7, 11) is 0. The molecule has 5 nitrogen and oxygen atoms in total. The second kappa shape index (κ2) is 8.11. The molecule has 4 aliphatic rings. The summed E-state index contributed by atoms with van der Waals surface area (Å²) in [6.07, 6.45) is 10.4. The Hall–Kier alpha value is -2.09. The topological polar surface area (TPSA) is 76.4 Å². The van der Waals surface area contributed by atoms with E-state index in [1.165, 1.54) is 12.5 Å². The number of rotatable bonds is 3. The maximum atomic E-state index is 12.5. The Morgan fingerprint density at radius 2 is 1.87 bits per heavy atom. The maximum absolute atomic E-state index is 12.5. The number of fused-ring (bicyclic) bond motifs is 5. The molecular formula is C26H35NO4. The van der Waals surface area contributed by atoms with Gasteiger partial charge in [-0.3, -0.25) is 4.79 Å². The van der Waals surface area contributed by atoms with Crippen molar-refractivity contribution in [3.63, 3.8) is 0 Å². The van der Waals surface area contributed by atoms with Crippen molar-refractivity contribution in [3.8, 4) is 6.07 Å². The van der Waals surface area contributed by atoms with Crippen LogP contribution in [0.4, 0.5) is 0 Å². The van der Waals surface area contributed by atoms with Crippen molar-refractivity contribution in [3.05, 3.63) is 22.8 Å². The van der Waals surface area contributed by atoms with E-state index in [-0.39, 0.29) is 28.5 Å². The van der Waals surface area contributed by atoms with Crippen LogP contribution < -0.4 is 0 Å². The molecule has 6 atom stereocenters. The Morgan fingerprint density at radius 3 is 2.55 bits per heavy atom. The van der Waals surface area contributed by atoms with Crippen LogP contribution in [0.3, 0.4) is 0 Å². The quantitative estimate of drug-likeness (QED) is 0.267. The summed E-state index contributed by atoms with van der Waals surface area (Å²) in [5, 5.41) is 9.75. The second-order valence-corrected chi connectivity index (χ2v) is 10.4. The lowest BCUT2D eigenvalue weighted by Crippen LogP contribution is -2.50. The molecule has 0 unspecified atom stereocenters. The number of hydrogen-bond acceptors (Lipinski definition) is 5. The minimum atomic E-state index is -0.453. The summed E-state index contributed by atoms with van der Waals surface area (Å²) in [5.74, 6) is 1.07. The van der Waals surface area contributed by atoms with Crippen molar-refractivity contribution in [2.24, 2.45) is 28.6 Å². The van der Waals surface area contributed by atoms with Crippen LogP contribution in [0, 0.1) is 39.9 Å². The van der Waals surface area contributed by atoms with E-state index in [1.807, 2.05) is 0 Å². The van der Waals surface area contributed by atoms with Crippen molar-refractivity contribution in [1.82, 2.24) is 0 Å². The molecule has 5 heteroatoms. The van der Waals surface area contributed by atoms with Crippen LogP contribution in [-0.2, 0) is 19.1 Å². The second-order valence-electron chi connectivity index (χ2n) is 10.4. The molecule has 168 valence electrons. The lowest BCUT2D eigenvalue weighted by atomic mass is 9.47. The molecular weight excluding hydrogens is 390 g/mol. The molecule has 0 aromatic rings. The molecule has 0 heterocycles. The van der Waals surface area contributed by atoms with E-state index in [2.05, 4.69) is 26.0 Å². The smallest absolute Gasteiger partial charge is 0.348 e. The molecule has 0 amide bonds. The highest BCUT2D eigenvalue weighted by atomic mass is 16.5. The third-order valence-electron chi connectivity index (χ3n) is 9.07. The monoisotopic (exact) mass is 425 g/mol. The van der Waals surface area contributed by atoms with Crippen LogP contribution in [0.1, 0.15) is 79.1 Å². The first-order valence-electron chi connectivity index (χ1n) is 11.9. The van der Waals surface area contributed by atoms with Gasteiger partial charge >= 0.3 is 11.9 Å². The number of carbonyl (C=O) groups excluding carboxylic acids is 2. The van der Waals surface area contributed by atoms with Crippen molar-refractivity contribution < 1.29 is 19.1 Å². The van der Waals surface area contributed by atoms with Crippen LogP contribution in [0.15, 0.2) is 22.8 Å². The molecule has 0 radical (unpaired) electrons. The lowest BCUT2D eigenvalue weighted by molar-refractivity contribution is -0.148. The summed E-state index contributed by atoms with van der Waals surface area (Å²) in [6.45, 7) is 8.28. The molecule has 0 N–H and O–H groups in total. The number of allylic oxidation sites excluding steroid dienone is 2. The molecule has 0 bridgehead atoms. The van der Waals surface area contributed by atoms with E-state index in [0.717, 1.165) is 56.9 Å². The van der Waals surface area contributed by atoms with Gasteiger partial charge in [-0.1, -0.05) is 25.5 Å². The van der Waals surface area contributed by atoms with Gasteiger partial charge in [0.15, 0.2) is 0 Å². The normalized spacial score (nSPS) is 40.4. The summed E-state index contributed by atoms with van der Waals surface area (Å²) < 4.78 is 10.7. The lowest BCUT2D eigenvalue weighted by Gasteiger charge is -2.57. The average molecular weight is 426 g/mol. The van der Waals surface area contributed by atoms with Crippen molar-refractivity contribution >= 4 is 11.9 Å². The molecule has 31 heavy (non-hydrogen) atoms. The minimum Gasteiger partial charge on any atom is -0.462 e.